The van der Waals surface area contributed by atoms with Crippen molar-refractivity contribution >= 4 is 39.9 Å². The van der Waals surface area contributed by atoms with E-state index in [0.29, 0.717) is 31.7 Å². The summed E-state index contributed by atoms with van der Waals surface area (Å²) >= 11 is 6.96. The molecule has 3 aromatic rings. The van der Waals surface area contributed by atoms with E-state index < -0.39 is 17.8 Å². The average Bonchev–Trinajstić information content (AvgIpc) is 3.43. The Morgan fingerprint density at radius 2 is 2.00 bits per heavy atom. The van der Waals surface area contributed by atoms with Gasteiger partial charge in [0, 0.05) is 37.1 Å². The van der Waals surface area contributed by atoms with E-state index in [-0.39, 0.29) is 36.0 Å². The Kier molecular flexibility index (Phi) is 7.13. The van der Waals surface area contributed by atoms with E-state index in [9.17, 15) is 23.4 Å². The molecule has 0 aliphatic carbocycles. The van der Waals surface area contributed by atoms with E-state index in [1.54, 1.807) is 36.4 Å². The molecular formula is C23H21ClF3N5O2S. The van der Waals surface area contributed by atoms with Gasteiger partial charge in [0.1, 0.15) is 0 Å². The summed E-state index contributed by atoms with van der Waals surface area (Å²) in [5.74, 6) is -0.324. The Hall–Kier alpha value is -2.99. The van der Waals surface area contributed by atoms with Gasteiger partial charge in [-0.2, -0.15) is 28.4 Å². The second-order valence-corrected chi connectivity index (χ2v) is 9.41. The Bertz CT molecular complexity index is 1410. The van der Waals surface area contributed by atoms with Gasteiger partial charge in [0.15, 0.2) is 5.13 Å². The number of nitrogens with two attached hydrogens (primary N) is 1. The second-order valence-electron chi connectivity index (χ2n) is 7.99. The first-order valence-electron chi connectivity index (χ1n) is 10.5. The van der Waals surface area contributed by atoms with Crippen LogP contribution >= 0.6 is 22.9 Å². The number of alkyl halides is 3. The topological polar surface area (TPSA) is 107 Å². The number of aromatic nitrogens is 1. The SMILES string of the molecule is CN(CC(O)CN)c1nc(O)c(C(Cc2ccc(Cl)cc2C(F)(F)F)=c2ccc3c(c2)C=NN=3)s1. The molecule has 1 aliphatic rings. The number of aromatic hydroxyl groups is 1. The maximum atomic E-state index is 13.8. The van der Waals surface area contributed by atoms with Crippen LogP contribution in [0.5, 0.6) is 5.88 Å². The maximum absolute atomic E-state index is 13.8. The molecule has 1 aliphatic heterocycles. The lowest BCUT2D eigenvalue weighted by atomic mass is 9.96. The van der Waals surface area contributed by atoms with Crippen LogP contribution in [0.15, 0.2) is 46.6 Å². The number of hydrogen-bond acceptors (Lipinski definition) is 8. The van der Waals surface area contributed by atoms with Crippen LogP contribution in [0, 0.1) is 0 Å². The summed E-state index contributed by atoms with van der Waals surface area (Å²) < 4.78 is 41.4. The highest BCUT2D eigenvalue weighted by Crippen LogP contribution is 2.39. The fourth-order valence-corrected chi connectivity index (χ4v) is 4.86. The minimum absolute atomic E-state index is 0.00277. The van der Waals surface area contributed by atoms with Crippen LogP contribution in [0.4, 0.5) is 18.3 Å². The van der Waals surface area contributed by atoms with Gasteiger partial charge in [0.25, 0.3) is 0 Å². The lowest BCUT2D eigenvalue weighted by Gasteiger charge is -2.18. The van der Waals surface area contributed by atoms with E-state index in [0.717, 1.165) is 17.4 Å². The molecule has 4 rings (SSSR count). The fraction of sp³-hybridized carbons (Fsp3) is 0.261. The number of halogens is 4. The highest BCUT2D eigenvalue weighted by molar-refractivity contribution is 7.17. The van der Waals surface area contributed by atoms with Crippen LogP contribution in [0.3, 0.4) is 0 Å². The Morgan fingerprint density at radius 1 is 1.23 bits per heavy atom. The molecular weight excluding hydrogens is 503 g/mol. The van der Waals surface area contributed by atoms with Crippen molar-refractivity contribution in [3.05, 3.63) is 73.6 Å². The van der Waals surface area contributed by atoms with Gasteiger partial charge < -0.3 is 20.8 Å². The maximum Gasteiger partial charge on any atom is 0.416 e. The van der Waals surface area contributed by atoms with Crippen molar-refractivity contribution < 1.29 is 23.4 Å². The normalized spacial score (nSPS) is 14.5. The summed E-state index contributed by atoms with van der Waals surface area (Å²) in [5, 5.41) is 30.0. The molecule has 2 aromatic carbocycles. The highest BCUT2D eigenvalue weighted by atomic mass is 35.5. The first-order chi connectivity index (χ1) is 16.6. The molecule has 0 saturated heterocycles. The number of fused-ring (bicyclic) bond motifs is 1. The van der Waals surface area contributed by atoms with Crippen LogP contribution in [0.2, 0.25) is 5.02 Å². The molecule has 0 bridgehead atoms. The molecule has 1 aromatic heterocycles. The average molecular weight is 524 g/mol. The Labute approximate surface area is 207 Å². The fourth-order valence-electron chi connectivity index (χ4n) is 3.69. The third kappa shape index (κ3) is 5.48. The van der Waals surface area contributed by atoms with Crippen LogP contribution in [-0.2, 0) is 12.6 Å². The smallest absolute Gasteiger partial charge is 0.416 e. The van der Waals surface area contributed by atoms with E-state index in [2.05, 4.69) is 15.2 Å². The van der Waals surface area contributed by atoms with Gasteiger partial charge in [0.2, 0.25) is 5.88 Å². The zero-order valence-electron chi connectivity index (χ0n) is 18.4. The van der Waals surface area contributed by atoms with Crippen molar-refractivity contribution in [3.8, 4) is 5.88 Å². The molecule has 0 spiro atoms. The van der Waals surface area contributed by atoms with Crippen molar-refractivity contribution in [1.29, 1.82) is 0 Å². The number of likely N-dealkylation sites (N-methyl/N-ethyl adjacent to an activating group) is 1. The van der Waals surface area contributed by atoms with E-state index in [4.69, 9.17) is 17.3 Å². The monoisotopic (exact) mass is 523 g/mol. The molecule has 35 heavy (non-hydrogen) atoms. The molecule has 0 amide bonds. The summed E-state index contributed by atoms with van der Waals surface area (Å²) in [7, 11) is 1.68. The Balaban J connectivity index is 1.87. The lowest BCUT2D eigenvalue weighted by molar-refractivity contribution is -0.138. The molecule has 7 nitrogen and oxygen atoms in total. The molecule has 12 heteroatoms. The van der Waals surface area contributed by atoms with Gasteiger partial charge in [-0.1, -0.05) is 35.1 Å². The van der Waals surface area contributed by atoms with Crippen LogP contribution < -0.4 is 21.2 Å². The molecule has 0 radical (unpaired) electrons. The first-order valence-corrected chi connectivity index (χ1v) is 11.7. The number of aliphatic hydroxyl groups is 1. The predicted molar refractivity (Wildman–Crippen MR) is 130 cm³/mol. The zero-order chi connectivity index (χ0) is 25.3. The summed E-state index contributed by atoms with van der Waals surface area (Å²) in [4.78, 5) is 6.12. The second kappa shape index (κ2) is 9.94. The molecule has 184 valence electrons. The van der Waals surface area contributed by atoms with Crippen molar-refractivity contribution in [2.24, 2.45) is 15.9 Å². The minimum Gasteiger partial charge on any atom is -0.492 e. The number of rotatable bonds is 7. The molecule has 2 heterocycles. The zero-order valence-corrected chi connectivity index (χ0v) is 20.0. The van der Waals surface area contributed by atoms with Crippen LogP contribution in [-0.4, -0.2) is 47.7 Å². The highest BCUT2D eigenvalue weighted by Gasteiger charge is 2.34. The van der Waals surface area contributed by atoms with Crippen molar-refractivity contribution in [3.63, 3.8) is 0 Å². The van der Waals surface area contributed by atoms with Gasteiger partial charge in [-0.15, -0.1) is 0 Å². The van der Waals surface area contributed by atoms with E-state index >= 15 is 0 Å². The molecule has 1 unspecified atom stereocenters. The molecule has 0 fully saturated rings. The van der Waals surface area contributed by atoms with Crippen LogP contribution in [0.1, 0.15) is 21.6 Å². The largest absolute Gasteiger partial charge is 0.492 e. The summed E-state index contributed by atoms with van der Waals surface area (Å²) in [5.41, 5.74) is 5.77. The van der Waals surface area contributed by atoms with Gasteiger partial charge in [-0.25, -0.2) is 0 Å². The molecule has 0 saturated carbocycles. The minimum atomic E-state index is -4.62. The summed E-state index contributed by atoms with van der Waals surface area (Å²) in [6, 6.07) is 8.82. The number of benzene rings is 2. The van der Waals surface area contributed by atoms with Crippen molar-refractivity contribution in [1.82, 2.24) is 4.98 Å². The lowest BCUT2D eigenvalue weighted by Crippen LogP contribution is -2.33. The summed E-state index contributed by atoms with van der Waals surface area (Å²) in [6.45, 7) is 0.217. The molecule has 1 atom stereocenters. The predicted octanol–water partition coefficient (Wildman–Crippen LogP) is 2.69. The number of thiazole rings is 1. The van der Waals surface area contributed by atoms with Gasteiger partial charge in [-0.3, -0.25) is 0 Å². The van der Waals surface area contributed by atoms with Crippen molar-refractivity contribution in [2.45, 2.75) is 18.7 Å². The number of nitrogens with zero attached hydrogens (tertiary/aromatic N) is 4. The van der Waals surface area contributed by atoms with Crippen molar-refractivity contribution in [2.75, 3.05) is 25.0 Å². The number of hydrogen-bond donors (Lipinski definition) is 3. The summed E-state index contributed by atoms with van der Waals surface area (Å²) in [6.07, 6.45) is -4.02. The number of aliphatic hydroxyl groups excluding tert-OH is 1. The van der Waals surface area contributed by atoms with Gasteiger partial charge >= 0.3 is 6.18 Å². The quantitative estimate of drug-likeness (QED) is 0.441. The third-order valence-electron chi connectivity index (χ3n) is 5.44. The first kappa shape index (κ1) is 25.1. The van der Waals surface area contributed by atoms with E-state index in [1.807, 2.05) is 0 Å². The van der Waals surface area contributed by atoms with Crippen LogP contribution in [0.25, 0.3) is 5.57 Å². The Morgan fingerprint density at radius 3 is 2.71 bits per heavy atom. The van der Waals surface area contributed by atoms with E-state index in [1.165, 1.54) is 12.1 Å². The van der Waals surface area contributed by atoms with Gasteiger partial charge in [-0.05, 0) is 40.6 Å². The standard InChI is InChI=1S/C23H21ClF3N5O2S/c1-32(11-16(33)9-28)22-30-21(34)20(35-22)17(12-3-5-19-14(6-12)10-29-31-19)7-13-2-4-15(24)8-18(13)23(25,26)27/h2-6,8,10,16,33-34H,7,9,11,28H2,1H3. The molecule has 4 N–H and O–H groups in total. The van der Waals surface area contributed by atoms with Gasteiger partial charge in [0.05, 0.1) is 28.1 Å². The number of anilines is 1. The third-order valence-corrected chi connectivity index (χ3v) is 6.89.